The van der Waals surface area contributed by atoms with Crippen molar-refractivity contribution in [1.82, 2.24) is 4.90 Å². The predicted octanol–water partition coefficient (Wildman–Crippen LogP) is 2.53. The van der Waals surface area contributed by atoms with E-state index in [1.807, 2.05) is 31.2 Å². The maximum Gasteiger partial charge on any atom is 0.238 e. The molecule has 2 heterocycles. The van der Waals surface area contributed by atoms with Gasteiger partial charge in [-0.05, 0) is 55.7 Å². The van der Waals surface area contributed by atoms with Gasteiger partial charge >= 0.3 is 0 Å². The largest absolute Gasteiger partial charge is 0.457 e. The fraction of sp³-hybridized carbons (Fsp3) is 0.333. The van der Waals surface area contributed by atoms with Crippen LogP contribution in [0.4, 0.5) is 5.69 Å². The Bertz CT molecular complexity index is 1150. The van der Waals surface area contributed by atoms with Crippen LogP contribution < -0.4 is 9.64 Å². The SMILES string of the molecule is Cc1ccc(Oc2ccc(N3C(=O)C4C(C3=O)C4C34CC3C(=O)N(C)C4=O)cc2)cc1. The van der Waals surface area contributed by atoms with Crippen molar-refractivity contribution in [3.05, 3.63) is 54.1 Å². The number of imide groups is 2. The van der Waals surface area contributed by atoms with E-state index in [9.17, 15) is 19.2 Å². The molecule has 4 atom stereocenters. The minimum Gasteiger partial charge on any atom is -0.457 e. The number of aryl methyl sites for hydroxylation is 1. The van der Waals surface area contributed by atoms with Crippen LogP contribution in [0.3, 0.4) is 0 Å². The first-order chi connectivity index (χ1) is 14.8. The van der Waals surface area contributed by atoms with Crippen molar-refractivity contribution in [3.63, 3.8) is 0 Å². The average molecular weight is 416 g/mol. The highest BCUT2D eigenvalue weighted by atomic mass is 16.5. The fourth-order valence-electron chi connectivity index (χ4n) is 5.61. The molecular formula is C24H20N2O5. The molecule has 31 heavy (non-hydrogen) atoms. The summed E-state index contributed by atoms with van der Waals surface area (Å²) >= 11 is 0. The average Bonchev–Trinajstić information content (AvgIpc) is 3.64. The predicted molar refractivity (Wildman–Crippen MR) is 109 cm³/mol. The molecule has 2 aromatic carbocycles. The fourth-order valence-corrected chi connectivity index (χ4v) is 5.61. The van der Waals surface area contributed by atoms with Gasteiger partial charge in [-0.25, -0.2) is 0 Å². The first-order valence-electron chi connectivity index (χ1n) is 10.4. The lowest BCUT2D eigenvalue weighted by Crippen LogP contribution is -2.38. The van der Waals surface area contributed by atoms with Crippen LogP contribution in [-0.2, 0) is 19.2 Å². The van der Waals surface area contributed by atoms with Crippen LogP contribution in [0, 0.1) is 36.0 Å². The number of amides is 4. The second kappa shape index (κ2) is 5.81. The summed E-state index contributed by atoms with van der Waals surface area (Å²) in [7, 11) is 1.48. The Morgan fingerprint density at radius 3 is 1.90 bits per heavy atom. The Hall–Kier alpha value is -3.48. The van der Waals surface area contributed by atoms with Crippen molar-refractivity contribution in [2.45, 2.75) is 13.3 Å². The van der Waals surface area contributed by atoms with Gasteiger partial charge in [-0.15, -0.1) is 0 Å². The van der Waals surface area contributed by atoms with Crippen LogP contribution in [0.15, 0.2) is 48.5 Å². The highest BCUT2D eigenvalue weighted by Crippen LogP contribution is 2.75. The third kappa shape index (κ3) is 2.29. The molecular weight excluding hydrogens is 396 g/mol. The third-order valence-corrected chi connectivity index (χ3v) is 7.31. The maximum absolute atomic E-state index is 13.0. The number of benzene rings is 2. The summed E-state index contributed by atoms with van der Waals surface area (Å²) < 4.78 is 5.81. The number of anilines is 1. The normalized spacial score (nSPS) is 33.0. The monoisotopic (exact) mass is 416 g/mol. The molecule has 2 saturated carbocycles. The van der Waals surface area contributed by atoms with Crippen LogP contribution in [0.1, 0.15) is 12.0 Å². The van der Waals surface area contributed by atoms with Crippen molar-refractivity contribution in [2.75, 3.05) is 11.9 Å². The molecule has 0 bridgehead atoms. The molecule has 2 saturated heterocycles. The minimum atomic E-state index is -0.815. The summed E-state index contributed by atoms with van der Waals surface area (Å²) in [6, 6.07) is 14.5. The van der Waals surface area contributed by atoms with Gasteiger partial charge in [-0.1, -0.05) is 17.7 Å². The number of carbonyl (C=O) groups excluding carboxylic acids is 4. The van der Waals surface area contributed by atoms with Gasteiger partial charge in [0, 0.05) is 7.05 Å². The van der Waals surface area contributed by atoms with E-state index in [-0.39, 0.29) is 35.5 Å². The molecule has 4 amide bonds. The summed E-state index contributed by atoms with van der Waals surface area (Å²) in [6.45, 7) is 2.00. The van der Waals surface area contributed by atoms with Gasteiger partial charge in [0.1, 0.15) is 11.5 Å². The zero-order chi connectivity index (χ0) is 21.7. The quantitative estimate of drug-likeness (QED) is 0.716. The Balaban J connectivity index is 1.19. The third-order valence-electron chi connectivity index (χ3n) is 7.31. The van der Waals surface area contributed by atoms with E-state index < -0.39 is 17.3 Å². The van der Waals surface area contributed by atoms with Crippen molar-refractivity contribution >= 4 is 29.3 Å². The lowest BCUT2D eigenvalue weighted by Gasteiger charge is -2.21. The van der Waals surface area contributed by atoms with Crippen LogP contribution in [0.5, 0.6) is 11.5 Å². The molecule has 7 heteroatoms. The molecule has 0 spiro atoms. The van der Waals surface area contributed by atoms with Crippen LogP contribution in [0.2, 0.25) is 0 Å². The van der Waals surface area contributed by atoms with Crippen LogP contribution >= 0.6 is 0 Å². The van der Waals surface area contributed by atoms with Crippen molar-refractivity contribution in [1.29, 1.82) is 0 Å². The van der Waals surface area contributed by atoms with E-state index in [1.165, 1.54) is 11.9 Å². The zero-order valence-electron chi connectivity index (χ0n) is 17.1. The number of carbonyl (C=O) groups is 4. The number of hydrogen-bond acceptors (Lipinski definition) is 5. The topological polar surface area (TPSA) is 84.0 Å². The first-order valence-corrected chi connectivity index (χ1v) is 10.4. The Kier molecular flexibility index (Phi) is 3.43. The number of likely N-dealkylation sites (tertiary alicyclic amines) is 1. The van der Waals surface area contributed by atoms with Crippen molar-refractivity contribution in [2.24, 2.45) is 29.1 Å². The van der Waals surface area contributed by atoms with Crippen LogP contribution in [0.25, 0.3) is 0 Å². The number of fused-ring (bicyclic) bond motifs is 2. The van der Waals surface area contributed by atoms with Gasteiger partial charge in [0.05, 0.1) is 28.9 Å². The molecule has 2 aliphatic carbocycles. The zero-order valence-corrected chi connectivity index (χ0v) is 17.1. The van der Waals surface area contributed by atoms with Gasteiger partial charge in [-0.2, -0.15) is 0 Å². The molecule has 0 aromatic heterocycles. The maximum atomic E-state index is 13.0. The van der Waals surface area contributed by atoms with E-state index in [4.69, 9.17) is 4.74 Å². The summed E-state index contributed by atoms with van der Waals surface area (Å²) in [4.78, 5) is 53.2. The summed E-state index contributed by atoms with van der Waals surface area (Å²) in [5.41, 5.74) is 0.815. The molecule has 7 nitrogen and oxygen atoms in total. The summed E-state index contributed by atoms with van der Waals surface area (Å²) in [5.74, 6) is -1.34. The van der Waals surface area contributed by atoms with Gasteiger partial charge in [-0.3, -0.25) is 29.0 Å². The molecule has 156 valence electrons. The highest BCUT2D eigenvalue weighted by Gasteiger charge is 2.85. The molecule has 4 unspecified atom stereocenters. The van der Waals surface area contributed by atoms with Gasteiger partial charge in [0.2, 0.25) is 23.6 Å². The second-order valence-corrected chi connectivity index (χ2v) is 9.00. The van der Waals surface area contributed by atoms with E-state index >= 15 is 0 Å². The minimum absolute atomic E-state index is 0.184. The molecule has 6 rings (SSSR count). The number of rotatable bonds is 4. The molecule has 0 radical (unpaired) electrons. The van der Waals surface area contributed by atoms with Crippen molar-refractivity contribution < 1.29 is 23.9 Å². The number of ether oxygens (including phenoxy) is 1. The Morgan fingerprint density at radius 2 is 1.39 bits per heavy atom. The molecule has 2 aromatic rings. The molecule has 0 N–H and O–H groups in total. The molecule has 2 aliphatic heterocycles. The van der Waals surface area contributed by atoms with E-state index in [0.717, 1.165) is 10.5 Å². The number of piperidine rings is 2. The second-order valence-electron chi connectivity index (χ2n) is 9.00. The highest BCUT2D eigenvalue weighted by molar-refractivity contribution is 6.26. The standard InChI is InChI=1S/C24H20N2O5/c1-12-3-7-14(8-4-12)31-15-9-5-13(6-10-15)26-21(28)17-18(22(26)29)19(17)24-11-16(24)20(27)25(2)23(24)30/h3-10,16-19H,11H2,1-2H3. The summed E-state index contributed by atoms with van der Waals surface area (Å²) in [5, 5.41) is 0. The number of hydrogen-bond donors (Lipinski definition) is 0. The van der Waals surface area contributed by atoms with Gasteiger partial charge < -0.3 is 4.74 Å². The number of nitrogens with zero attached hydrogens (tertiary/aromatic N) is 2. The van der Waals surface area contributed by atoms with Gasteiger partial charge in [0.15, 0.2) is 0 Å². The molecule has 4 fully saturated rings. The lowest BCUT2D eigenvalue weighted by atomic mass is 9.94. The van der Waals surface area contributed by atoms with Crippen molar-refractivity contribution in [3.8, 4) is 11.5 Å². The first kappa shape index (κ1) is 18.3. The van der Waals surface area contributed by atoms with Crippen LogP contribution in [-0.4, -0.2) is 35.6 Å². The van der Waals surface area contributed by atoms with E-state index in [2.05, 4.69) is 0 Å². The smallest absolute Gasteiger partial charge is 0.238 e. The van der Waals surface area contributed by atoms with E-state index in [1.54, 1.807) is 24.3 Å². The van der Waals surface area contributed by atoms with E-state index in [0.29, 0.717) is 23.6 Å². The lowest BCUT2D eigenvalue weighted by molar-refractivity contribution is -0.141. The Labute approximate surface area is 178 Å². The Morgan fingerprint density at radius 1 is 0.839 bits per heavy atom. The summed E-state index contributed by atoms with van der Waals surface area (Å²) in [6.07, 6.45) is 0.471. The van der Waals surface area contributed by atoms with Gasteiger partial charge in [0.25, 0.3) is 0 Å². The molecule has 4 aliphatic rings.